The van der Waals surface area contributed by atoms with Crippen molar-refractivity contribution < 1.29 is 37.1 Å². The molecule has 0 saturated carbocycles. The molecule has 3 aliphatic heterocycles. The van der Waals surface area contributed by atoms with E-state index in [0.717, 1.165) is 21.6 Å². The van der Waals surface area contributed by atoms with E-state index in [4.69, 9.17) is 0 Å². The number of nitrogens with one attached hydrogen (secondary N) is 1. The highest BCUT2D eigenvalue weighted by atomic mass is 32.2. The summed E-state index contributed by atoms with van der Waals surface area (Å²) in [5.41, 5.74) is -0.772. The number of fused-ring (bicyclic) bond motifs is 1. The van der Waals surface area contributed by atoms with E-state index in [1.165, 1.54) is 0 Å². The van der Waals surface area contributed by atoms with Crippen LogP contribution in [0.25, 0.3) is 0 Å². The first-order valence-corrected chi connectivity index (χ1v) is 10.1. The number of thioether (sulfide) groups is 1. The molecule has 3 amide bonds. The summed E-state index contributed by atoms with van der Waals surface area (Å²) in [6.07, 6.45) is -5.04. The summed E-state index contributed by atoms with van der Waals surface area (Å²) in [5.74, 6) is -3.47. The van der Waals surface area contributed by atoms with Crippen molar-refractivity contribution in [3.8, 4) is 0 Å². The second-order valence-corrected chi connectivity index (χ2v) is 8.13. The lowest BCUT2D eigenvalue weighted by Crippen LogP contribution is -2.47. The van der Waals surface area contributed by atoms with Gasteiger partial charge in [-0.3, -0.25) is 24.2 Å². The standard InChI is InChI=1S/C18H16F3N3O5S/c19-18(20,21)16(28)29-17-23(5-6-30-17)15(27)12-7-9(8-22-12)24-13(25)10-3-1-2-4-11(10)14(24)26/h1-4,9,12,17,22H,5-8H2/t9-,12-,17?/m0/s1. The topological polar surface area (TPSA) is 96.0 Å². The first kappa shape index (κ1) is 20.7. The first-order chi connectivity index (χ1) is 14.2. The minimum absolute atomic E-state index is 0.116. The van der Waals surface area contributed by atoms with Crippen molar-refractivity contribution in [1.29, 1.82) is 0 Å². The number of alkyl halides is 3. The van der Waals surface area contributed by atoms with Gasteiger partial charge in [-0.1, -0.05) is 23.9 Å². The van der Waals surface area contributed by atoms with Crippen molar-refractivity contribution in [2.45, 2.75) is 30.2 Å². The van der Waals surface area contributed by atoms with Gasteiger partial charge in [0.25, 0.3) is 11.8 Å². The van der Waals surface area contributed by atoms with Crippen LogP contribution in [0.4, 0.5) is 13.2 Å². The van der Waals surface area contributed by atoms with E-state index >= 15 is 0 Å². The highest BCUT2D eigenvalue weighted by Gasteiger charge is 2.48. The van der Waals surface area contributed by atoms with Gasteiger partial charge in [-0.05, 0) is 18.6 Å². The molecule has 4 rings (SSSR count). The Morgan fingerprint density at radius 3 is 2.37 bits per heavy atom. The predicted octanol–water partition coefficient (Wildman–Crippen LogP) is 0.978. The van der Waals surface area contributed by atoms with Crippen LogP contribution in [0.2, 0.25) is 0 Å². The number of amides is 3. The van der Waals surface area contributed by atoms with Gasteiger partial charge in [0.15, 0.2) is 0 Å². The predicted molar refractivity (Wildman–Crippen MR) is 97.2 cm³/mol. The third-order valence-electron chi connectivity index (χ3n) is 5.17. The molecule has 1 aromatic rings. The fourth-order valence-electron chi connectivity index (χ4n) is 3.76. The van der Waals surface area contributed by atoms with E-state index in [1.807, 2.05) is 0 Å². The molecule has 3 aliphatic rings. The van der Waals surface area contributed by atoms with Crippen molar-refractivity contribution in [3.05, 3.63) is 35.4 Å². The molecule has 1 N–H and O–H groups in total. The van der Waals surface area contributed by atoms with E-state index in [0.29, 0.717) is 16.9 Å². The number of ether oxygens (including phenoxy) is 1. The van der Waals surface area contributed by atoms with Gasteiger partial charge < -0.3 is 10.1 Å². The van der Waals surface area contributed by atoms with Crippen LogP contribution >= 0.6 is 11.8 Å². The maximum atomic E-state index is 12.8. The van der Waals surface area contributed by atoms with Crippen molar-refractivity contribution in [2.75, 3.05) is 18.8 Å². The zero-order valence-electron chi connectivity index (χ0n) is 15.3. The van der Waals surface area contributed by atoms with Gasteiger partial charge in [0, 0.05) is 18.8 Å². The molecule has 2 saturated heterocycles. The quantitative estimate of drug-likeness (QED) is 0.550. The monoisotopic (exact) mass is 443 g/mol. The van der Waals surface area contributed by atoms with Crippen LogP contribution in [-0.4, -0.2) is 76.2 Å². The largest absolute Gasteiger partial charge is 0.491 e. The molecule has 0 aromatic heterocycles. The molecular formula is C18H16F3N3O5S. The molecule has 1 unspecified atom stereocenters. The van der Waals surface area contributed by atoms with Gasteiger partial charge >= 0.3 is 12.1 Å². The second kappa shape index (κ2) is 7.58. The number of hydrogen-bond donors (Lipinski definition) is 1. The third kappa shape index (κ3) is 3.54. The fraction of sp³-hybridized carbons (Fsp3) is 0.444. The summed E-state index contributed by atoms with van der Waals surface area (Å²) < 4.78 is 41.8. The molecule has 0 spiro atoms. The highest BCUT2D eigenvalue weighted by molar-refractivity contribution is 8.00. The lowest BCUT2D eigenvalue weighted by Gasteiger charge is -2.26. The molecule has 8 nitrogen and oxygen atoms in total. The van der Waals surface area contributed by atoms with Gasteiger partial charge in [0.05, 0.1) is 23.2 Å². The molecule has 1 aromatic carbocycles. The van der Waals surface area contributed by atoms with Gasteiger partial charge in [-0.15, -0.1) is 0 Å². The number of imide groups is 1. The van der Waals surface area contributed by atoms with Crippen LogP contribution in [-0.2, 0) is 14.3 Å². The van der Waals surface area contributed by atoms with Crippen molar-refractivity contribution in [2.24, 2.45) is 0 Å². The maximum absolute atomic E-state index is 12.8. The lowest BCUT2D eigenvalue weighted by molar-refractivity contribution is -0.206. The number of halogens is 3. The maximum Gasteiger partial charge on any atom is 0.491 e. The molecule has 160 valence electrons. The molecule has 0 radical (unpaired) electrons. The number of benzene rings is 1. The van der Waals surface area contributed by atoms with E-state index in [9.17, 15) is 32.3 Å². The smallest absolute Gasteiger partial charge is 0.425 e. The van der Waals surface area contributed by atoms with Gasteiger partial charge in [-0.25, -0.2) is 4.79 Å². The summed E-state index contributed by atoms with van der Waals surface area (Å²) >= 11 is 0.916. The number of carbonyl (C=O) groups excluding carboxylic acids is 4. The van der Waals surface area contributed by atoms with Crippen LogP contribution in [0.5, 0.6) is 0 Å². The summed E-state index contributed by atoms with van der Waals surface area (Å²) in [6.45, 7) is 0.297. The summed E-state index contributed by atoms with van der Waals surface area (Å²) in [5, 5.41) is 2.92. The fourth-order valence-corrected chi connectivity index (χ4v) is 4.81. The van der Waals surface area contributed by atoms with Gasteiger partial charge in [-0.2, -0.15) is 13.2 Å². The Bertz CT molecular complexity index is 890. The number of esters is 1. The number of nitrogens with zero attached hydrogens (tertiary/aromatic N) is 2. The zero-order valence-corrected chi connectivity index (χ0v) is 16.2. The Labute approximate surface area is 172 Å². The molecular weight excluding hydrogens is 427 g/mol. The minimum Gasteiger partial charge on any atom is -0.425 e. The molecule has 2 fully saturated rings. The van der Waals surface area contributed by atoms with Crippen LogP contribution in [0.15, 0.2) is 24.3 Å². The first-order valence-electron chi connectivity index (χ1n) is 9.08. The van der Waals surface area contributed by atoms with Crippen LogP contribution < -0.4 is 5.32 Å². The third-order valence-corrected chi connectivity index (χ3v) is 6.22. The Morgan fingerprint density at radius 2 is 1.77 bits per heavy atom. The summed E-state index contributed by atoms with van der Waals surface area (Å²) in [4.78, 5) is 51.3. The van der Waals surface area contributed by atoms with Crippen molar-refractivity contribution >= 4 is 35.5 Å². The van der Waals surface area contributed by atoms with E-state index in [1.54, 1.807) is 24.3 Å². The average Bonchev–Trinajstić information content (AvgIpc) is 3.41. The Kier molecular flexibility index (Phi) is 5.22. The van der Waals surface area contributed by atoms with Crippen molar-refractivity contribution in [3.63, 3.8) is 0 Å². The van der Waals surface area contributed by atoms with E-state index < -0.39 is 47.5 Å². The minimum atomic E-state index is -5.15. The summed E-state index contributed by atoms with van der Waals surface area (Å²) in [6, 6.07) is 5.03. The highest BCUT2D eigenvalue weighted by Crippen LogP contribution is 2.31. The normalized spacial score (nSPS) is 26.3. The molecule has 12 heteroatoms. The molecule has 3 heterocycles. The second-order valence-electron chi connectivity index (χ2n) is 6.99. The van der Waals surface area contributed by atoms with E-state index in [-0.39, 0.29) is 19.5 Å². The Hall–Kier alpha value is -2.60. The van der Waals surface area contributed by atoms with Crippen molar-refractivity contribution in [1.82, 2.24) is 15.1 Å². The molecule has 0 aliphatic carbocycles. The van der Waals surface area contributed by atoms with Crippen LogP contribution in [0.1, 0.15) is 27.1 Å². The van der Waals surface area contributed by atoms with Crippen LogP contribution in [0.3, 0.4) is 0 Å². The van der Waals surface area contributed by atoms with Gasteiger partial charge in [0.1, 0.15) is 0 Å². The average molecular weight is 443 g/mol. The molecule has 30 heavy (non-hydrogen) atoms. The molecule has 3 atom stereocenters. The lowest BCUT2D eigenvalue weighted by atomic mass is 10.1. The van der Waals surface area contributed by atoms with Gasteiger partial charge in [0.2, 0.25) is 11.5 Å². The van der Waals surface area contributed by atoms with Crippen LogP contribution in [0, 0.1) is 0 Å². The number of rotatable bonds is 3. The Balaban J connectivity index is 1.42. The summed E-state index contributed by atoms with van der Waals surface area (Å²) in [7, 11) is 0. The van der Waals surface area contributed by atoms with E-state index in [2.05, 4.69) is 10.1 Å². The molecule has 0 bridgehead atoms. The number of hydrogen-bond acceptors (Lipinski definition) is 7. The number of carbonyl (C=O) groups is 4. The zero-order chi connectivity index (χ0) is 21.6. The Morgan fingerprint density at radius 1 is 1.13 bits per heavy atom. The SMILES string of the molecule is O=C([C@@H]1C[C@H](N2C(=O)c3ccccc3C2=O)CN1)N1CCSC1OC(=O)C(F)(F)F.